The van der Waals surface area contributed by atoms with Crippen LogP contribution in [0.1, 0.15) is 31.0 Å². The topological polar surface area (TPSA) is 87.3 Å². The number of carbonyl (C=O) groups is 1. The van der Waals surface area contributed by atoms with E-state index in [1.807, 2.05) is 0 Å². The summed E-state index contributed by atoms with van der Waals surface area (Å²) in [6.07, 6.45) is -1.40. The molecule has 0 fully saturated rings. The van der Waals surface area contributed by atoms with Crippen molar-refractivity contribution in [3.8, 4) is 0 Å². The van der Waals surface area contributed by atoms with Gasteiger partial charge in [0.15, 0.2) is 11.9 Å². The average molecular weight is 375 g/mol. The Morgan fingerprint density at radius 1 is 1.22 bits per heavy atom. The first-order valence-corrected chi connectivity index (χ1v) is 8.05. The maximum absolute atomic E-state index is 13.5. The largest absolute Gasteiger partial charge is 0.454 e. The lowest BCUT2D eigenvalue weighted by Gasteiger charge is -2.15. The van der Waals surface area contributed by atoms with Crippen LogP contribution in [0.15, 0.2) is 48.5 Å². The Kier molecular flexibility index (Phi) is 5.11. The maximum Gasteiger partial charge on any atom is 0.320 e. The molecular formula is C18H15F2N3O4. The molecule has 2 aromatic carbocycles. The zero-order valence-electron chi connectivity index (χ0n) is 14.2. The number of aromatic nitrogens is 2. The molecule has 1 aromatic heterocycles. The minimum atomic E-state index is -2.86. The van der Waals surface area contributed by atoms with Crippen LogP contribution in [-0.4, -0.2) is 20.4 Å². The van der Waals surface area contributed by atoms with Crippen LogP contribution in [0.25, 0.3) is 11.0 Å². The highest BCUT2D eigenvalue weighted by Gasteiger charge is 2.25. The third-order valence-corrected chi connectivity index (χ3v) is 4.01. The first-order chi connectivity index (χ1) is 12.9. The molecule has 3 rings (SSSR count). The quantitative estimate of drug-likeness (QED) is 0.366. The summed E-state index contributed by atoms with van der Waals surface area (Å²) in [5, 5.41) is 11.0. The smallest absolute Gasteiger partial charge is 0.320 e. The van der Waals surface area contributed by atoms with E-state index in [9.17, 15) is 23.7 Å². The van der Waals surface area contributed by atoms with E-state index >= 15 is 0 Å². The van der Waals surface area contributed by atoms with Crippen LogP contribution >= 0.6 is 0 Å². The number of rotatable bonds is 6. The second kappa shape index (κ2) is 7.48. The highest BCUT2D eigenvalue weighted by molar-refractivity contribution is 5.77. The van der Waals surface area contributed by atoms with Crippen molar-refractivity contribution in [2.24, 2.45) is 0 Å². The number of hydrogen-bond donors (Lipinski definition) is 0. The van der Waals surface area contributed by atoms with Gasteiger partial charge >= 0.3 is 12.5 Å². The molecule has 1 atom stereocenters. The Morgan fingerprint density at radius 3 is 2.59 bits per heavy atom. The van der Waals surface area contributed by atoms with Gasteiger partial charge in [0.1, 0.15) is 0 Å². The lowest BCUT2D eigenvalue weighted by molar-refractivity contribution is -0.385. The maximum atomic E-state index is 13.5. The van der Waals surface area contributed by atoms with E-state index in [4.69, 9.17) is 4.74 Å². The van der Waals surface area contributed by atoms with Crippen LogP contribution in [0.4, 0.5) is 14.5 Å². The van der Waals surface area contributed by atoms with Gasteiger partial charge in [0, 0.05) is 11.6 Å². The Morgan fingerprint density at radius 2 is 1.89 bits per heavy atom. The lowest BCUT2D eigenvalue weighted by Crippen LogP contribution is -2.16. The van der Waals surface area contributed by atoms with Gasteiger partial charge in [-0.05, 0) is 19.1 Å². The van der Waals surface area contributed by atoms with E-state index < -0.39 is 23.5 Å². The molecule has 0 aliphatic heterocycles. The van der Waals surface area contributed by atoms with Crippen molar-refractivity contribution in [2.75, 3.05) is 0 Å². The second-order valence-corrected chi connectivity index (χ2v) is 5.80. The Labute approximate surface area is 152 Å². The molecule has 140 valence electrons. The number of nitro benzene ring substituents is 1. The van der Waals surface area contributed by atoms with Gasteiger partial charge in [-0.1, -0.05) is 30.3 Å². The Bertz CT molecular complexity index is 1000. The number of esters is 1. The summed E-state index contributed by atoms with van der Waals surface area (Å²) in [4.78, 5) is 26.8. The Hall–Kier alpha value is -3.36. The molecule has 9 heteroatoms. The van der Waals surface area contributed by atoms with Gasteiger partial charge < -0.3 is 4.74 Å². The van der Waals surface area contributed by atoms with E-state index in [1.54, 1.807) is 24.3 Å². The molecular weight excluding hydrogens is 360 g/mol. The zero-order chi connectivity index (χ0) is 19.6. The fourth-order valence-corrected chi connectivity index (χ4v) is 2.84. The first-order valence-electron chi connectivity index (χ1n) is 8.05. The minimum absolute atomic E-state index is 0.0953. The van der Waals surface area contributed by atoms with Crippen molar-refractivity contribution in [3.63, 3.8) is 0 Å². The molecule has 0 N–H and O–H groups in total. The van der Waals surface area contributed by atoms with Crippen molar-refractivity contribution in [1.29, 1.82) is 0 Å². The first kappa shape index (κ1) is 18.4. The van der Waals surface area contributed by atoms with E-state index in [2.05, 4.69) is 4.98 Å². The van der Waals surface area contributed by atoms with Gasteiger partial charge in [-0.15, -0.1) is 0 Å². The highest BCUT2D eigenvalue weighted by Crippen LogP contribution is 2.28. The predicted octanol–water partition coefficient (Wildman–Crippen LogP) is 4.19. The number of fused-ring (bicyclic) bond motifs is 1. The number of imidazole rings is 1. The average Bonchev–Trinajstić information content (AvgIpc) is 3.01. The summed E-state index contributed by atoms with van der Waals surface area (Å²) in [6.45, 7) is -1.43. The summed E-state index contributed by atoms with van der Waals surface area (Å²) < 4.78 is 32.9. The number of alkyl halides is 2. The standard InChI is InChI=1S/C18H15F2N3O4/c1-11(17-21-13-7-3-5-9-15(13)22(17)18(19)20)27-16(24)10-12-6-2-4-8-14(12)23(25)26/h2-9,11,18H,10H2,1H3. The third-order valence-electron chi connectivity index (χ3n) is 4.01. The molecule has 0 amide bonds. The molecule has 1 heterocycles. The van der Waals surface area contributed by atoms with Crippen molar-refractivity contribution >= 4 is 22.7 Å². The van der Waals surface area contributed by atoms with Gasteiger partial charge in [0.25, 0.3) is 5.69 Å². The SMILES string of the molecule is CC(OC(=O)Cc1ccccc1[N+](=O)[O-])c1nc2ccccc2n1C(F)F. The fraction of sp³-hybridized carbons (Fsp3) is 0.222. The predicted molar refractivity (Wildman–Crippen MR) is 92.3 cm³/mol. The van der Waals surface area contributed by atoms with E-state index in [1.165, 1.54) is 31.2 Å². The fourth-order valence-electron chi connectivity index (χ4n) is 2.84. The van der Waals surface area contributed by atoms with Gasteiger partial charge in [0.05, 0.1) is 22.4 Å². The van der Waals surface area contributed by atoms with Crippen LogP contribution in [-0.2, 0) is 16.0 Å². The number of nitro groups is 1. The lowest BCUT2D eigenvalue weighted by atomic mass is 10.1. The summed E-state index contributed by atoms with van der Waals surface area (Å²) in [7, 11) is 0. The molecule has 0 spiro atoms. The Balaban J connectivity index is 1.83. The normalized spacial score (nSPS) is 12.3. The summed E-state index contributed by atoms with van der Waals surface area (Å²) in [6, 6.07) is 12.1. The van der Waals surface area contributed by atoms with Crippen LogP contribution in [0.3, 0.4) is 0 Å². The third kappa shape index (κ3) is 3.76. The van der Waals surface area contributed by atoms with Crippen LogP contribution in [0, 0.1) is 10.1 Å². The molecule has 0 aliphatic carbocycles. The number of carbonyl (C=O) groups excluding carboxylic acids is 1. The van der Waals surface area contributed by atoms with Crippen molar-refractivity contribution in [2.45, 2.75) is 26.0 Å². The van der Waals surface area contributed by atoms with Crippen molar-refractivity contribution in [3.05, 3.63) is 70.0 Å². The minimum Gasteiger partial charge on any atom is -0.454 e. The van der Waals surface area contributed by atoms with Gasteiger partial charge in [-0.25, -0.2) is 4.98 Å². The molecule has 0 bridgehead atoms. The van der Waals surface area contributed by atoms with Crippen molar-refractivity contribution < 1.29 is 23.2 Å². The van der Waals surface area contributed by atoms with E-state index in [-0.39, 0.29) is 29.0 Å². The summed E-state index contributed by atoms with van der Waals surface area (Å²) >= 11 is 0. The summed E-state index contributed by atoms with van der Waals surface area (Å²) in [5.74, 6) is -0.869. The summed E-state index contributed by atoms with van der Waals surface area (Å²) in [5.41, 5.74) is 0.558. The molecule has 0 radical (unpaired) electrons. The van der Waals surface area contributed by atoms with Crippen LogP contribution in [0.2, 0.25) is 0 Å². The number of hydrogen-bond acceptors (Lipinski definition) is 5. The van der Waals surface area contributed by atoms with Crippen LogP contribution < -0.4 is 0 Å². The number of benzene rings is 2. The number of ether oxygens (including phenoxy) is 1. The van der Waals surface area contributed by atoms with Gasteiger partial charge in [-0.2, -0.15) is 8.78 Å². The molecule has 3 aromatic rings. The molecule has 0 saturated heterocycles. The monoisotopic (exact) mass is 375 g/mol. The number of para-hydroxylation sites is 3. The molecule has 1 unspecified atom stereocenters. The number of halogens is 2. The van der Waals surface area contributed by atoms with Gasteiger partial charge in [0.2, 0.25) is 0 Å². The van der Waals surface area contributed by atoms with E-state index in [0.29, 0.717) is 10.1 Å². The molecule has 7 nitrogen and oxygen atoms in total. The van der Waals surface area contributed by atoms with Crippen LogP contribution in [0.5, 0.6) is 0 Å². The second-order valence-electron chi connectivity index (χ2n) is 5.80. The highest BCUT2D eigenvalue weighted by atomic mass is 19.3. The molecule has 27 heavy (non-hydrogen) atoms. The number of nitrogens with zero attached hydrogens (tertiary/aromatic N) is 3. The van der Waals surface area contributed by atoms with Gasteiger partial charge in [-0.3, -0.25) is 19.5 Å². The zero-order valence-corrected chi connectivity index (χ0v) is 14.2. The molecule has 0 aliphatic rings. The van der Waals surface area contributed by atoms with E-state index in [0.717, 1.165) is 0 Å². The molecule has 0 saturated carbocycles. The van der Waals surface area contributed by atoms with Crippen molar-refractivity contribution in [1.82, 2.24) is 9.55 Å².